The van der Waals surface area contributed by atoms with Crippen LogP contribution in [0.25, 0.3) is 0 Å². The number of piperidine rings is 1. The van der Waals surface area contributed by atoms with E-state index in [0.29, 0.717) is 27.3 Å². The van der Waals surface area contributed by atoms with Crippen LogP contribution in [0.1, 0.15) is 37.7 Å². The van der Waals surface area contributed by atoms with Gasteiger partial charge in [0.05, 0.1) is 16.7 Å². The number of hydrogen-bond acceptors (Lipinski definition) is 2. The van der Waals surface area contributed by atoms with Crippen molar-refractivity contribution in [2.75, 3.05) is 20.3 Å². The third-order valence-corrected chi connectivity index (χ3v) is 7.34. The standard InChI is InChI=1S/C18H23Cl2NO/c1-3-22-10-13-12(11-4-5-14(19)15(20)8-11)9-17-18(13)7-6-16(18)21(17)2/h4-5,8,12-13,16-17H,3,6-7,9-10H2,1-2H3/t12-,13?,16?,17+,18-/m1/s1. The van der Waals surface area contributed by atoms with Gasteiger partial charge >= 0.3 is 0 Å². The fourth-order valence-corrected chi connectivity index (χ4v) is 5.87. The van der Waals surface area contributed by atoms with Crippen molar-refractivity contribution in [1.29, 1.82) is 0 Å². The average Bonchev–Trinajstić information content (AvgIpc) is 2.82. The van der Waals surface area contributed by atoms with E-state index < -0.39 is 0 Å². The van der Waals surface area contributed by atoms with Crippen molar-refractivity contribution in [3.05, 3.63) is 33.8 Å². The van der Waals surface area contributed by atoms with E-state index in [0.717, 1.165) is 25.3 Å². The molecule has 0 bridgehead atoms. The number of nitrogens with zero attached hydrogens (tertiary/aromatic N) is 1. The molecule has 4 rings (SSSR count). The van der Waals surface area contributed by atoms with Gasteiger partial charge in [-0.1, -0.05) is 29.3 Å². The maximum Gasteiger partial charge on any atom is 0.0595 e. The number of benzene rings is 1. The zero-order chi connectivity index (χ0) is 15.5. The van der Waals surface area contributed by atoms with E-state index in [-0.39, 0.29) is 0 Å². The Labute approximate surface area is 142 Å². The Bertz CT molecular complexity index is 592. The minimum absolute atomic E-state index is 0.501. The van der Waals surface area contributed by atoms with Gasteiger partial charge in [0.2, 0.25) is 0 Å². The van der Waals surface area contributed by atoms with Crippen LogP contribution >= 0.6 is 23.2 Å². The molecule has 0 aromatic heterocycles. The highest BCUT2D eigenvalue weighted by molar-refractivity contribution is 6.42. The summed E-state index contributed by atoms with van der Waals surface area (Å²) in [6.07, 6.45) is 3.94. The molecule has 120 valence electrons. The van der Waals surface area contributed by atoms with Gasteiger partial charge in [0.1, 0.15) is 0 Å². The van der Waals surface area contributed by atoms with Crippen LogP contribution in [0, 0.1) is 11.3 Å². The molecule has 3 fully saturated rings. The van der Waals surface area contributed by atoms with Crippen LogP contribution in [0.2, 0.25) is 10.0 Å². The Balaban J connectivity index is 1.67. The van der Waals surface area contributed by atoms with Crippen LogP contribution < -0.4 is 0 Å². The molecular formula is C18H23Cl2NO. The Morgan fingerprint density at radius 3 is 2.73 bits per heavy atom. The zero-order valence-corrected chi connectivity index (χ0v) is 14.7. The topological polar surface area (TPSA) is 12.5 Å². The fourth-order valence-electron chi connectivity index (χ4n) is 5.56. The lowest BCUT2D eigenvalue weighted by molar-refractivity contribution is -0.205. The summed E-state index contributed by atoms with van der Waals surface area (Å²) < 4.78 is 5.88. The second-order valence-corrected chi connectivity index (χ2v) is 7.94. The van der Waals surface area contributed by atoms with Crippen molar-refractivity contribution >= 4 is 23.2 Å². The molecule has 0 amide bonds. The first-order chi connectivity index (χ1) is 10.6. The predicted molar refractivity (Wildman–Crippen MR) is 90.8 cm³/mol. The van der Waals surface area contributed by atoms with E-state index >= 15 is 0 Å². The molecule has 3 aliphatic rings. The lowest BCUT2D eigenvalue weighted by Crippen LogP contribution is -2.75. The summed E-state index contributed by atoms with van der Waals surface area (Å²) in [7, 11) is 2.29. The number of hydrogen-bond donors (Lipinski definition) is 0. The van der Waals surface area contributed by atoms with E-state index in [1.165, 1.54) is 24.8 Å². The molecule has 0 N–H and O–H groups in total. The molecule has 0 radical (unpaired) electrons. The van der Waals surface area contributed by atoms with E-state index in [9.17, 15) is 0 Å². The molecule has 22 heavy (non-hydrogen) atoms. The van der Waals surface area contributed by atoms with Crippen molar-refractivity contribution in [2.24, 2.45) is 11.3 Å². The number of ether oxygens (including phenoxy) is 1. The molecule has 5 atom stereocenters. The monoisotopic (exact) mass is 339 g/mol. The molecule has 2 nitrogen and oxygen atoms in total. The van der Waals surface area contributed by atoms with Crippen LogP contribution in [0.15, 0.2) is 18.2 Å². The van der Waals surface area contributed by atoms with Gasteiger partial charge in [-0.2, -0.15) is 0 Å². The third kappa shape index (κ3) is 1.87. The van der Waals surface area contributed by atoms with Gasteiger partial charge in [0, 0.05) is 24.1 Å². The van der Waals surface area contributed by atoms with Gasteiger partial charge in [-0.25, -0.2) is 0 Å². The number of halogens is 2. The second-order valence-electron chi connectivity index (χ2n) is 7.13. The summed E-state index contributed by atoms with van der Waals surface area (Å²) >= 11 is 12.4. The lowest BCUT2D eigenvalue weighted by Gasteiger charge is -2.69. The minimum atomic E-state index is 0.501. The maximum atomic E-state index is 6.27. The Morgan fingerprint density at radius 1 is 1.27 bits per heavy atom. The van der Waals surface area contributed by atoms with Crippen molar-refractivity contribution < 1.29 is 4.74 Å². The minimum Gasteiger partial charge on any atom is -0.381 e. The summed E-state index contributed by atoms with van der Waals surface area (Å²) in [5.41, 5.74) is 1.84. The van der Waals surface area contributed by atoms with Gasteiger partial charge in [-0.05, 0) is 62.8 Å². The van der Waals surface area contributed by atoms with E-state index in [1.54, 1.807) is 0 Å². The SMILES string of the molecule is CCOCC1[C@@H](c2ccc(Cl)c(Cl)c2)C[C@@H]2N(C)C3CC[C@@]132. The van der Waals surface area contributed by atoms with Gasteiger partial charge in [-0.3, -0.25) is 4.90 Å². The lowest BCUT2D eigenvalue weighted by atomic mass is 9.50. The van der Waals surface area contributed by atoms with Crippen LogP contribution in [0.4, 0.5) is 0 Å². The molecule has 4 heteroatoms. The van der Waals surface area contributed by atoms with E-state index in [1.807, 2.05) is 6.07 Å². The number of rotatable bonds is 4. The molecule has 1 spiro atoms. The highest BCUT2D eigenvalue weighted by Crippen LogP contribution is 2.70. The first-order valence-corrected chi connectivity index (χ1v) is 9.09. The molecule has 1 heterocycles. The quantitative estimate of drug-likeness (QED) is 0.794. The first kappa shape index (κ1) is 15.3. The molecule has 2 aliphatic carbocycles. The highest BCUT2D eigenvalue weighted by atomic mass is 35.5. The summed E-state index contributed by atoms with van der Waals surface area (Å²) in [4.78, 5) is 2.60. The van der Waals surface area contributed by atoms with E-state index in [2.05, 4.69) is 31.0 Å². The Hall–Kier alpha value is -0.280. The van der Waals surface area contributed by atoms with E-state index in [4.69, 9.17) is 27.9 Å². The Kier molecular flexibility index (Phi) is 3.73. The zero-order valence-electron chi connectivity index (χ0n) is 13.2. The molecule has 1 saturated heterocycles. The van der Waals surface area contributed by atoms with Crippen molar-refractivity contribution in [3.63, 3.8) is 0 Å². The van der Waals surface area contributed by atoms with Crippen LogP contribution in [0.5, 0.6) is 0 Å². The summed E-state index contributed by atoms with van der Waals surface area (Å²) in [5, 5.41) is 1.31. The van der Waals surface area contributed by atoms with Crippen LogP contribution in [-0.4, -0.2) is 37.2 Å². The summed E-state index contributed by atoms with van der Waals surface area (Å²) in [5.74, 6) is 1.16. The van der Waals surface area contributed by atoms with Gasteiger partial charge in [0.25, 0.3) is 0 Å². The molecule has 1 aliphatic heterocycles. The normalized spacial score (nSPS) is 39.8. The average molecular weight is 340 g/mol. The highest BCUT2D eigenvalue weighted by Gasteiger charge is 2.72. The molecule has 2 saturated carbocycles. The van der Waals surface area contributed by atoms with Gasteiger partial charge in [-0.15, -0.1) is 0 Å². The van der Waals surface area contributed by atoms with Crippen LogP contribution in [0.3, 0.4) is 0 Å². The molecule has 1 aromatic rings. The van der Waals surface area contributed by atoms with Crippen molar-refractivity contribution in [2.45, 2.75) is 44.2 Å². The first-order valence-electron chi connectivity index (χ1n) is 8.34. The third-order valence-electron chi connectivity index (χ3n) is 6.60. The smallest absolute Gasteiger partial charge is 0.0595 e. The molecule has 2 unspecified atom stereocenters. The second kappa shape index (κ2) is 5.37. The molecular weight excluding hydrogens is 317 g/mol. The summed E-state index contributed by atoms with van der Waals surface area (Å²) in [6, 6.07) is 7.67. The fraction of sp³-hybridized carbons (Fsp3) is 0.667. The maximum absolute atomic E-state index is 6.27. The van der Waals surface area contributed by atoms with Gasteiger partial charge in [0.15, 0.2) is 0 Å². The van der Waals surface area contributed by atoms with Crippen molar-refractivity contribution in [3.8, 4) is 0 Å². The van der Waals surface area contributed by atoms with Gasteiger partial charge < -0.3 is 4.74 Å². The molecule has 1 aromatic carbocycles. The van der Waals surface area contributed by atoms with Crippen molar-refractivity contribution in [1.82, 2.24) is 4.90 Å². The van der Waals surface area contributed by atoms with Crippen LogP contribution in [-0.2, 0) is 4.74 Å². The summed E-state index contributed by atoms with van der Waals surface area (Å²) in [6.45, 7) is 3.76. The number of likely N-dealkylation sites (tertiary alicyclic amines) is 1. The predicted octanol–water partition coefficient (Wildman–Crippen LogP) is 4.60. The Morgan fingerprint density at radius 2 is 2.09 bits per heavy atom. The largest absolute Gasteiger partial charge is 0.381 e.